The van der Waals surface area contributed by atoms with Crippen LogP contribution < -0.4 is 5.32 Å². The van der Waals surface area contributed by atoms with Gasteiger partial charge in [0.05, 0.1) is 24.0 Å². The van der Waals surface area contributed by atoms with E-state index in [9.17, 15) is 22.8 Å². The van der Waals surface area contributed by atoms with Crippen LogP contribution in [0.4, 0.5) is 13.2 Å². The lowest BCUT2D eigenvalue weighted by molar-refractivity contribution is -0.139. The number of alkyl halides is 3. The summed E-state index contributed by atoms with van der Waals surface area (Å²) in [5.41, 5.74) is 1.42. The summed E-state index contributed by atoms with van der Waals surface area (Å²) in [5.74, 6) is -1.06. The van der Waals surface area contributed by atoms with Crippen LogP contribution in [0.15, 0.2) is 69.6 Å². The molecule has 2 aromatic rings. The highest BCUT2D eigenvalue weighted by Crippen LogP contribution is 2.46. The van der Waals surface area contributed by atoms with Crippen LogP contribution in [0.3, 0.4) is 0 Å². The fourth-order valence-electron chi connectivity index (χ4n) is 4.44. The standard InChI is InChI=1S/C24H22F3NO4/c1-3-31-23(30)20-13(2)28-17-11-15(19-5-4-10-32-19)12-18(29)22(17)21(20)14-6-8-16(9-7-14)24(25,26)27/h4-10,15,21,28H,3,11-12H2,1-2H3/t15-,21-/m0/s1. The van der Waals surface area contributed by atoms with Crippen LogP contribution in [0.25, 0.3) is 0 Å². The number of allylic oxidation sites excluding steroid dienone is 3. The molecule has 2 atom stereocenters. The van der Waals surface area contributed by atoms with Crippen LogP contribution >= 0.6 is 0 Å². The van der Waals surface area contributed by atoms with Gasteiger partial charge in [-0.25, -0.2) is 4.79 Å². The number of rotatable bonds is 4. The Morgan fingerprint density at radius 1 is 1.19 bits per heavy atom. The first-order chi connectivity index (χ1) is 15.2. The molecule has 5 nitrogen and oxygen atoms in total. The topological polar surface area (TPSA) is 68.5 Å². The molecule has 2 aliphatic rings. The monoisotopic (exact) mass is 445 g/mol. The molecule has 0 saturated heterocycles. The van der Waals surface area contributed by atoms with Gasteiger partial charge in [0.2, 0.25) is 0 Å². The molecule has 1 aromatic heterocycles. The number of nitrogens with one attached hydrogen (secondary N) is 1. The number of hydrogen-bond donors (Lipinski definition) is 1. The Labute approximate surface area is 182 Å². The minimum Gasteiger partial charge on any atom is -0.469 e. The third-order valence-electron chi connectivity index (χ3n) is 5.84. The summed E-state index contributed by atoms with van der Waals surface area (Å²) < 4.78 is 49.9. The van der Waals surface area contributed by atoms with Crippen LogP contribution in [0.2, 0.25) is 0 Å². The van der Waals surface area contributed by atoms with Crippen LogP contribution in [0.1, 0.15) is 55.4 Å². The van der Waals surface area contributed by atoms with E-state index in [4.69, 9.17) is 9.15 Å². The zero-order valence-electron chi connectivity index (χ0n) is 17.6. The smallest absolute Gasteiger partial charge is 0.416 e. The van der Waals surface area contributed by atoms with Crippen LogP contribution in [0, 0.1) is 0 Å². The van der Waals surface area contributed by atoms with Gasteiger partial charge in [-0.05, 0) is 50.1 Å². The van der Waals surface area contributed by atoms with Crippen molar-refractivity contribution < 1.29 is 31.9 Å². The van der Waals surface area contributed by atoms with Crippen molar-refractivity contribution in [3.63, 3.8) is 0 Å². The molecule has 2 heterocycles. The summed E-state index contributed by atoms with van der Waals surface area (Å²) >= 11 is 0. The van der Waals surface area contributed by atoms with E-state index in [1.54, 1.807) is 26.2 Å². The minimum absolute atomic E-state index is 0.135. The Balaban J connectivity index is 1.80. The summed E-state index contributed by atoms with van der Waals surface area (Å²) in [4.78, 5) is 26.1. The lowest BCUT2D eigenvalue weighted by Gasteiger charge is -2.36. The van der Waals surface area contributed by atoms with Crippen molar-refractivity contribution in [1.29, 1.82) is 0 Å². The third kappa shape index (κ3) is 3.97. The second kappa shape index (κ2) is 8.33. The fourth-order valence-corrected chi connectivity index (χ4v) is 4.44. The van der Waals surface area contributed by atoms with E-state index in [0.29, 0.717) is 34.7 Å². The Kier molecular flexibility index (Phi) is 5.71. The molecule has 0 fully saturated rings. The Bertz CT molecular complexity index is 1100. The molecule has 1 aliphatic heterocycles. The van der Waals surface area contributed by atoms with E-state index in [2.05, 4.69) is 5.32 Å². The maximum Gasteiger partial charge on any atom is 0.416 e. The Hall–Kier alpha value is -3.29. The van der Waals surface area contributed by atoms with Crippen molar-refractivity contribution in [1.82, 2.24) is 5.32 Å². The van der Waals surface area contributed by atoms with Gasteiger partial charge in [0, 0.05) is 35.2 Å². The first-order valence-corrected chi connectivity index (χ1v) is 10.3. The predicted molar refractivity (Wildman–Crippen MR) is 109 cm³/mol. The van der Waals surface area contributed by atoms with Crippen LogP contribution in [-0.4, -0.2) is 18.4 Å². The number of ether oxygens (including phenoxy) is 1. The summed E-state index contributed by atoms with van der Waals surface area (Å²) in [6.45, 7) is 3.51. The summed E-state index contributed by atoms with van der Waals surface area (Å²) in [7, 11) is 0. The average Bonchev–Trinajstić information content (AvgIpc) is 3.27. The van der Waals surface area contributed by atoms with Crippen LogP contribution in [-0.2, 0) is 20.5 Å². The molecule has 0 spiro atoms. The second-order valence-corrected chi connectivity index (χ2v) is 7.87. The van der Waals surface area contributed by atoms with E-state index in [-0.39, 0.29) is 30.3 Å². The van der Waals surface area contributed by atoms with Gasteiger partial charge < -0.3 is 14.5 Å². The molecule has 0 amide bonds. The number of dihydropyridines is 1. The quantitative estimate of drug-likeness (QED) is 0.654. The summed E-state index contributed by atoms with van der Waals surface area (Å²) in [5, 5.41) is 3.18. The highest BCUT2D eigenvalue weighted by molar-refractivity contribution is 6.04. The van der Waals surface area contributed by atoms with E-state index in [0.717, 1.165) is 12.1 Å². The lowest BCUT2D eigenvalue weighted by Crippen LogP contribution is -2.36. The van der Waals surface area contributed by atoms with Crippen molar-refractivity contribution in [3.8, 4) is 0 Å². The van der Waals surface area contributed by atoms with E-state index in [1.807, 2.05) is 6.07 Å². The SMILES string of the molecule is CCOC(=O)C1=C(C)NC2=C(C(=O)C[C@@H](c3ccco3)C2)[C@H]1c1ccc(C(F)(F)F)cc1. The molecule has 168 valence electrons. The van der Waals surface area contributed by atoms with Gasteiger partial charge >= 0.3 is 12.1 Å². The number of furan rings is 1. The van der Waals surface area contributed by atoms with Crippen molar-refractivity contribution in [3.05, 3.63) is 82.1 Å². The van der Waals surface area contributed by atoms with E-state index >= 15 is 0 Å². The van der Waals surface area contributed by atoms with Crippen LogP contribution in [0.5, 0.6) is 0 Å². The number of halogens is 3. The first-order valence-electron chi connectivity index (χ1n) is 10.3. The minimum atomic E-state index is -4.48. The van der Waals surface area contributed by atoms with Gasteiger partial charge in [-0.1, -0.05) is 12.1 Å². The summed E-state index contributed by atoms with van der Waals surface area (Å²) in [6, 6.07) is 8.15. The van der Waals surface area contributed by atoms with Crippen molar-refractivity contribution in [2.75, 3.05) is 6.61 Å². The Morgan fingerprint density at radius 2 is 1.91 bits per heavy atom. The normalized spacial score (nSPS) is 21.3. The maximum absolute atomic E-state index is 13.3. The van der Waals surface area contributed by atoms with E-state index in [1.165, 1.54) is 12.1 Å². The van der Waals surface area contributed by atoms with Crippen molar-refractivity contribution in [2.24, 2.45) is 0 Å². The van der Waals surface area contributed by atoms with Crippen molar-refractivity contribution in [2.45, 2.75) is 44.7 Å². The number of Topliss-reactive ketones (excluding diaryl/α,β-unsaturated/α-hetero) is 1. The van der Waals surface area contributed by atoms with Gasteiger partial charge in [0.15, 0.2) is 5.78 Å². The molecule has 1 aromatic carbocycles. The second-order valence-electron chi connectivity index (χ2n) is 7.87. The number of ketones is 1. The molecular weight excluding hydrogens is 423 g/mol. The number of carbonyl (C=O) groups is 2. The molecule has 0 radical (unpaired) electrons. The third-order valence-corrected chi connectivity index (χ3v) is 5.84. The summed E-state index contributed by atoms with van der Waals surface area (Å²) in [6.07, 6.45) is -2.27. The molecule has 0 saturated carbocycles. The van der Waals surface area contributed by atoms with Gasteiger partial charge in [0.1, 0.15) is 5.76 Å². The molecule has 4 rings (SSSR count). The zero-order valence-corrected chi connectivity index (χ0v) is 17.6. The molecule has 0 bridgehead atoms. The number of carbonyl (C=O) groups excluding carboxylic acids is 2. The van der Waals surface area contributed by atoms with Gasteiger partial charge in [-0.15, -0.1) is 0 Å². The van der Waals surface area contributed by atoms with Crippen molar-refractivity contribution >= 4 is 11.8 Å². The number of hydrogen-bond acceptors (Lipinski definition) is 5. The molecule has 1 N–H and O–H groups in total. The highest BCUT2D eigenvalue weighted by atomic mass is 19.4. The molecular formula is C24H22F3NO4. The first kappa shape index (κ1) is 21.9. The lowest BCUT2D eigenvalue weighted by atomic mass is 9.72. The largest absolute Gasteiger partial charge is 0.469 e. The fraction of sp³-hybridized carbons (Fsp3) is 0.333. The van der Waals surface area contributed by atoms with Gasteiger partial charge in [-0.3, -0.25) is 4.79 Å². The Morgan fingerprint density at radius 3 is 2.50 bits per heavy atom. The zero-order chi connectivity index (χ0) is 23.0. The predicted octanol–water partition coefficient (Wildman–Crippen LogP) is 5.22. The average molecular weight is 445 g/mol. The van der Waals surface area contributed by atoms with Gasteiger partial charge in [0.25, 0.3) is 0 Å². The molecule has 0 unspecified atom stereocenters. The maximum atomic E-state index is 13.3. The molecule has 8 heteroatoms. The molecule has 1 aliphatic carbocycles. The number of benzene rings is 1. The van der Waals surface area contributed by atoms with Gasteiger partial charge in [-0.2, -0.15) is 13.2 Å². The molecule has 32 heavy (non-hydrogen) atoms. The van der Waals surface area contributed by atoms with E-state index < -0.39 is 23.6 Å². The number of esters is 1. The highest BCUT2D eigenvalue weighted by Gasteiger charge is 2.42.